The topological polar surface area (TPSA) is 66.3 Å². The molecular formula is C18H14ClN5OS. The van der Waals surface area contributed by atoms with Gasteiger partial charge in [-0.15, -0.1) is 5.10 Å². The molecule has 0 fully saturated rings. The third-order valence-corrected chi connectivity index (χ3v) is 4.59. The van der Waals surface area contributed by atoms with Crippen molar-refractivity contribution in [3.05, 3.63) is 70.0 Å². The van der Waals surface area contributed by atoms with Crippen LogP contribution < -0.4 is 5.01 Å². The van der Waals surface area contributed by atoms with Crippen LogP contribution in [0.4, 0.5) is 5.95 Å². The lowest BCUT2D eigenvalue weighted by Crippen LogP contribution is -2.33. The van der Waals surface area contributed by atoms with Crippen molar-refractivity contribution in [1.82, 2.24) is 14.8 Å². The number of para-hydroxylation sites is 1. The van der Waals surface area contributed by atoms with Gasteiger partial charge in [-0.05, 0) is 42.0 Å². The summed E-state index contributed by atoms with van der Waals surface area (Å²) in [5.41, 5.74) is 2.53. The lowest BCUT2D eigenvalue weighted by Gasteiger charge is -2.23. The molecule has 2 aromatic carbocycles. The van der Waals surface area contributed by atoms with Crippen LogP contribution in [0, 0.1) is 4.77 Å². The number of halogens is 1. The molecule has 0 spiro atoms. The van der Waals surface area contributed by atoms with E-state index >= 15 is 0 Å². The first-order valence-corrected chi connectivity index (χ1v) is 8.81. The van der Waals surface area contributed by atoms with E-state index in [1.165, 1.54) is 5.01 Å². The molecular weight excluding hydrogens is 370 g/mol. The Morgan fingerprint density at radius 2 is 1.77 bits per heavy atom. The Labute approximate surface area is 159 Å². The average molecular weight is 384 g/mol. The van der Waals surface area contributed by atoms with Crippen LogP contribution in [-0.2, 0) is 4.79 Å². The van der Waals surface area contributed by atoms with Crippen LogP contribution in [0.15, 0.2) is 59.7 Å². The van der Waals surface area contributed by atoms with Crippen LogP contribution in [0.5, 0.6) is 0 Å². The van der Waals surface area contributed by atoms with Crippen LogP contribution in [0.25, 0.3) is 5.69 Å². The van der Waals surface area contributed by atoms with Gasteiger partial charge in [0, 0.05) is 17.9 Å². The lowest BCUT2D eigenvalue weighted by atomic mass is 10.0. The van der Waals surface area contributed by atoms with Gasteiger partial charge in [-0.2, -0.15) is 10.1 Å². The fourth-order valence-electron chi connectivity index (χ4n) is 2.80. The minimum atomic E-state index is -0.131. The predicted octanol–water partition coefficient (Wildman–Crippen LogP) is 4.11. The molecule has 1 aliphatic rings. The number of hydrogen-bond donors (Lipinski definition) is 1. The fraction of sp³-hybridized carbons (Fsp3) is 0.111. The van der Waals surface area contributed by atoms with Crippen molar-refractivity contribution in [2.45, 2.75) is 12.8 Å². The van der Waals surface area contributed by atoms with E-state index in [4.69, 9.17) is 23.8 Å². The van der Waals surface area contributed by atoms with Gasteiger partial charge in [0.15, 0.2) is 0 Å². The van der Waals surface area contributed by atoms with Crippen molar-refractivity contribution < 1.29 is 4.79 Å². The lowest BCUT2D eigenvalue weighted by molar-refractivity contribution is -0.118. The predicted molar refractivity (Wildman–Crippen MR) is 103 cm³/mol. The van der Waals surface area contributed by atoms with Crippen molar-refractivity contribution in [3.8, 4) is 5.69 Å². The van der Waals surface area contributed by atoms with Gasteiger partial charge in [-0.25, -0.2) is 5.10 Å². The van der Waals surface area contributed by atoms with Crippen LogP contribution in [0.1, 0.15) is 18.4 Å². The molecule has 8 heteroatoms. The molecule has 1 aromatic heterocycles. The summed E-state index contributed by atoms with van der Waals surface area (Å²) < 4.78 is 2.09. The molecule has 6 nitrogen and oxygen atoms in total. The Kier molecular flexibility index (Phi) is 4.40. The quantitative estimate of drug-likeness (QED) is 0.692. The molecule has 4 rings (SSSR count). The van der Waals surface area contributed by atoms with Gasteiger partial charge in [0.1, 0.15) is 0 Å². The van der Waals surface area contributed by atoms with E-state index in [2.05, 4.69) is 15.3 Å². The van der Waals surface area contributed by atoms with Gasteiger partial charge >= 0.3 is 0 Å². The van der Waals surface area contributed by atoms with Crippen molar-refractivity contribution in [1.29, 1.82) is 0 Å². The molecule has 3 aromatic rings. The third-order valence-electron chi connectivity index (χ3n) is 4.07. The fourth-order valence-corrected chi connectivity index (χ4v) is 3.16. The van der Waals surface area contributed by atoms with Crippen molar-refractivity contribution >= 4 is 41.4 Å². The van der Waals surface area contributed by atoms with Crippen LogP contribution in [-0.4, -0.2) is 26.4 Å². The van der Waals surface area contributed by atoms with Crippen molar-refractivity contribution in [2.24, 2.45) is 5.10 Å². The smallest absolute Gasteiger partial charge is 0.258 e. The van der Waals surface area contributed by atoms with Gasteiger partial charge in [0.2, 0.25) is 4.77 Å². The van der Waals surface area contributed by atoms with E-state index in [0.717, 1.165) is 17.0 Å². The van der Waals surface area contributed by atoms with Gasteiger partial charge in [-0.3, -0.25) is 9.36 Å². The second kappa shape index (κ2) is 6.86. The second-order valence-electron chi connectivity index (χ2n) is 5.76. The minimum Gasteiger partial charge on any atom is -0.272 e. The molecule has 0 aliphatic carbocycles. The highest BCUT2D eigenvalue weighted by Crippen LogP contribution is 2.24. The zero-order chi connectivity index (χ0) is 18.1. The van der Waals surface area contributed by atoms with Crippen molar-refractivity contribution in [2.75, 3.05) is 5.01 Å². The Bertz CT molecular complexity index is 1040. The Morgan fingerprint density at radius 3 is 2.50 bits per heavy atom. The first kappa shape index (κ1) is 16.7. The van der Waals surface area contributed by atoms with Gasteiger partial charge in [0.25, 0.3) is 11.9 Å². The highest BCUT2D eigenvalue weighted by atomic mass is 35.5. The van der Waals surface area contributed by atoms with Crippen LogP contribution >= 0.6 is 23.8 Å². The molecule has 1 amide bonds. The summed E-state index contributed by atoms with van der Waals surface area (Å²) in [6.45, 7) is 0. The standard InChI is InChI=1S/C18H14ClN5OS/c19-13-8-6-12(7-9-13)15-10-11-16(25)24(22-15)17-20-21-18(26)23(17)14-4-2-1-3-5-14/h1-9H,10-11H2,(H,21,26). The van der Waals surface area contributed by atoms with E-state index in [1.54, 1.807) is 16.7 Å². The molecule has 130 valence electrons. The van der Waals surface area contributed by atoms with Crippen molar-refractivity contribution in [3.63, 3.8) is 0 Å². The molecule has 0 atom stereocenters. The van der Waals surface area contributed by atoms with E-state index < -0.39 is 0 Å². The molecule has 0 radical (unpaired) electrons. The van der Waals surface area contributed by atoms with E-state index in [1.807, 2.05) is 42.5 Å². The van der Waals surface area contributed by atoms with E-state index in [9.17, 15) is 4.79 Å². The SMILES string of the molecule is O=C1CCC(c2ccc(Cl)cc2)=NN1c1n[nH]c(=S)n1-c1ccccc1. The zero-order valence-electron chi connectivity index (χ0n) is 13.6. The summed E-state index contributed by atoms with van der Waals surface area (Å²) in [7, 11) is 0. The maximum absolute atomic E-state index is 12.5. The third kappa shape index (κ3) is 3.07. The molecule has 0 saturated heterocycles. The highest BCUT2D eigenvalue weighted by Gasteiger charge is 2.27. The summed E-state index contributed by atoms with van der Waals surface area (Å²) in [5.74, 6) is 0.214. The van der Waals surface area contributed by atoms with Crippen LogP contribution in [0.3, 0.4) is 0 Å². The zero-order valence-corrected chi connectivity index (χ0v) is 15.2. The number of carbonyl (C=O) groups is 1. The first-order valence-electron chi connectivity index (χ1n) is 8.03. The number of rotatable bonds is 3. The average Bonchev–Trinajstić information content (AvgIpc) is 3.05. The summed E-state index contributed by atoms with van der Waals surface area (Å²) in [6.07, 6.45) is 0.906. The minimum absolute atomic E-state index is 0.131. The number of nitrogens with one attached hydrogen (secondary N) is 1. The maximum Gasteiger partial charge on any atom is 0.258 e. The summed E-state index contributed by atoms with van der Waals surface area (Å²) in [4.78, 5) is 12.5. The molecule has 26 heavy (non-hydrogen) atoms. The number of nitrogens with zero attached hydrogens (tertiary/aromatic N) is 4. The Hall–Kier alpha value is -2.77. The van der Waals surface area contributed by atoms with Gasteiger partial charge in [-0.1, -0.05) is 41.9 Å². The second-order valence-corrected chi connectivity index (χ2v) is 6.58. The molecule has 2 heterocycles. The van der Waals surface area contributed by atoms with Gasteiger partial charge < -0.3 is 0 Å². The summed E-state index contributed by atoms with van der Waals surface area (Å²) in [6, 6.07) is 16.9. The Balaban J connectivity index is 1.80. The number of anilines is 1. The molecule has 0 bridgehead atoms. The highest BCUT2D eigenvalue weighted by molar-refractivity contribution is 7.71. The largest absolute Gasteiger partial charge is 0.272 e. The van der Waals surface area contributed by atoms with Gasteiger partial charge in [0.05, 0.1) is 11.4 Å². The number of aromatic nitrogens is 3. The number of hydrogen-bond acceptors (Lipinski definition) is 4. The monoisotopic (exact) mass is 383 g/mol. The number of aromatic amines is 1. The van der Waals surface area contributed by atoms with Crippen LogP contribution in [0.2, 0.25) is 5.02 Å². The first-order chi connectivity index (χ1) is 12.6. The summed E-state index contributed by atoms with van der Waals surface area (Å²) in [5, 5.41) is 13.5. The maximum atomic E-state index is 12.5. The van der Waals surface area contributed by atoms with E-state index in [-0.39, 0.29) is 5.91 Å². The molecule has 0 unspecified atom stereocenters. The Morgan fingerprint density at radius 1 is 1.04 bits per heavy atom. The summed E-state index contributed by atoms with van der Waals surface area (Å²) >= 11 is 11.3. The number of benzene rings is 2. The van der Waals surface area contributed by atoms with E-state index in [0.29, 0.717) is 28.6 Å². The molecule has 0 saturated carbocycles. The molecule has 1 aliphatic heterocycles. The number of carbonyl (C=O) groups excluding carboxylic acids is 1. The number of hydrazone groups is 1. The number of H-pyrrole nitrogens is 1. The normalized spacial score (nSPS) is 14.4. The number of amides is 1. The molecule has 1 N–H and O–H groups in total.